The molecule has 0 atom stereocenters. The van der Waals surface area contributed by atoms with Crippen molar-refractivity contribution in [1.29, 1.82) is 0 Å². The highest BCUT2D eigenvalue weighted by Gasteiger charge is 2.13. The van der Waals surface area contributed by atoms with Crippen LogP contribution < -0.4 is 14.8 Å². The van der Waals surface area contributed by atoms with Gasteiger partial charge in [-0.1, -0.05) is 23.7 Å². The van der Waals surface area contributed by atoms with Crippen molar-refractivity contribution >= 4 is 11.6 Å². The van der Waals surface area contributed by atoms with Gasteiger partial charge in [0.1, 0.15) is 12.4 Å². The molecule has 0 fully saturated rings. The SMILES string of the molecule is CCOc1cc(CNC(C)(C)C)ccc1OCc1c(F)cccc1Cl. The Labute approximate surface area is 154 Å². The van der Waals surface area contributed by atoms with Crippen molar-refractivity contribution in [2.45, 2.75) is 46.4 Å². The molecule has 5 heteroatoms. The van der Waals surface area contributed by atoms with E-state index in [-0.39, 0.29) is 18.0 Å². The molecular weight excluding hydrogens is 341 g/mol. The maximum absolute atomic E-state index is 13.9. The molecule has 0 spiro atoms. The van der Waals surface area contributed by atoms with Gasteiger partial charge in [0.2, 0.25) is 0 Å². The molecule has 0 heterocycles. The third-order valence-electron chi connectivity index (χ3n) is 3.56. The van der Waals surface area contributed by atoms with Crippen LogP contribution >= 0.6 is 11.6 Å². The van der Waals surface area contributed by atoms with Crippen molar-refractivity contribution < 1.29 is 13.9 Å². The van der Waals surface area contributed by atoms with Crippen LogP contribution in [-0.4, -0.2) is 12.1 Å². The fourth-order valence-corrected chi connectivity index (χ4v) is 2.45. The first kappa shape index (κ1) is 19.5. The van der Waals surface area contributed by atoms with Crippen LogP contribution in [-0.2, 0) is 13.2 Å². The van der Waals surface area contributed by atoms with Gasteiger partial charge in [0, 0.05) is 17.6 Å². The number of benzene rings is 2. The van der Waals surface area contributed by atoms with Crippen LogP contribution in [0.1, 0.15) is 38.8 Å². The quantitative estimate of drug-likeness (QED) is 0.717. The molecule has 0 aromatic heterocycles. The molecule has 1 N–H and O–H groups in total. The Bertz CT molecular complexity index is 693. The van der Waals surface area contributed by atoms with Crippen molar-refractivity contribution in [2.24, 2.45) is 0 Å². The summed E-state index contributed by atoms with van der Waals surface area (Å²) in [5, 5.41) is 3.79. The number of hydrogen-bond acceptors (Lipinski definition) is 3. The molecule has 3 nitrogen and oxygen atoms in total. The summed E-state index contributed by atoms with van der Waals surface area (Å²) in [5.41, 5.74) is 1.46. The minimum absolute atomic E-state index is 0.0303. The van der Waals surface area contributed by atoms with E-state index in [2.05, 4.69) is 26.1 Å². The van der Waals surface area contributed by atoms with Gasteiger partial charge < -0.3 is 14.8 Å². The average molecular weight is 366 g/mol. The Hall–Kier alpha value is -1.78. The van der Waals surface area contributed by atoms with Crippen LogP contribution in [0.15, 0.2) is 36.4 Å². The minimum atomic E-state index is -0.378. The molecule has 0 bridgehead atoms. The van der Waals surface area contributed by atoms with E-state index in [4.69, 9.17) is 21.1 Å². The summed E-state index contributed by atoms with van der Waals surface area (Å²) in [7, 11) is 0. The summed E-state index contributed by atoms with van der Waals surface area (Å²) in [6.45, 7) is 9.56. The predicted octanol–water partition coefficient (Wildman–Crippen LogP) is 5.34. The van der Waals surface area contributed by atoms with Crippen molar-refractivity contribution in [3.63, 3.8) is 0 Å². The minimum Gasteiger partial charge on any atom is -0.490 e. The van der Waals surface area contributed by atoms with E-state index in [1.54, 1.807) is 12.1 Å². The summed E-state index contributed by atoms with van der Waals surface area (Å²) in [6, 6.07) is 10.4. The molecule has 25 heavy (non-hydrogen) atoms. The normalized spacial score (nSPS) is 11.4. The molecule has 0 saturated heterocycles. The maximum atomic E-state index is 13.9. The zero-order valence-corrected chi connectivity index (χ0v) is 15.9. The Kier molecular flexibility index (Phi) is 6.68. The van der Waals surface area contributed by atoms with Crippen LogP contribution in [0.2, 0.25) is 5.02 Å². The van der Waals surface area contributed by atoms with E-state index in [9.17, 15) is 4.39 Å². The molecule has 0 radical (unpaired) electrons. The molecule has 2 aromatic rings. The van der Waals surface area contributed by atoms with Crippen LogP contribution in [0, 0.1) is 5.82 Å². The number of ether oxygens (including phenoxy) is 2. The van der Waals surface area contributed by atoms with E-state index in [1.807, 2.05) is 25.1 Å². The third kappa shape index (κ3) is 5.91. The van der Waals surface area contributed by atoms with Gasteiger partial charge in [0.15, 0.2) is 11.5 Å². The molecule has 0 aliphatic carbocycles. The molecule has 0 aliphatic rings. The fourth-order valence-electron chi connectivity index (χ4n) is 2.24. The Morgan fingerprint density at radius 3 is 2.48 bits per heavy atom. The first-order valence-electron chi connectivity index (χ1n) is 8.36. The first-order chi connectivity index (χ1) is 11.8. The van der Waals surface area contributed by atoms with Gasteiger partial charge in [0.05, 0.1) is 11.6 Å². The van der Waals surface area contributed by atoms with Crippen molar-refractivity contribution in [3.05, 3.63) is 58.4 Å². The van der Waals surface area contributed by atoms with Gasteiger partial charge in [-0.3, -0.25) is 0 Å². The zero-order valence-electron chi connectivity index (χ0n) is 15.2. The Balaban J connectivity index is 2.14. The molecule has 2 aromatic carbocycles. The highest BCUT2D eigenvalue weighted by molar-refractivity contribution is 6.31. The molecule has 0 unspecified atom stereocenters. The van der Waals surface area contributed by atoms with Crippen LogP contribution in [0.3, 0.4) is 0 Å². The standard InChI is InChI=1S/C20H25ClFNO2/c1-5-24-19-11-14(12-23-20(2,3)4)9-10-18(19)25-13-15-16(21)7-6-8-17(15)22/h6-11,23H,5,12-13H2,1-4H3. The van der Waals surface area contributed by atoms with Gasteiger partial charge in [0.25, 0.3) is 0 Å². The molecule has 2 rings (SSSR count). The van der Waals surface area contributed by atoms with Crippen LogP contribution in [0.5, 0.6) is 11.5 Å². The molecule has 0 amide bonds. The van der Waals surface area contributed by atoms with Crippen LogP contribution in [0.4, 0.5) is 4.39 Å². The molecule has 0 aliphatic heterocycles. The third-order valence-corrected chi connectivity index (χ3v) is 3.92. The maximum Gasteiger partial charge on any atom is 0.161 e. The highest BCUT2D eigenvalue weighted by Crippen LogP contribution is 2.30. The van der Waals surface area contributed by atoms with Crippen molar-refractivity contribution in [2.75, 3.05) is 6.61 Å². The fraction of sp³-hybridized carbons (Fsp3) is 0.400. The van der Waals surface area contributed by atoms with Gasteiger partial charge in [-0.2, -0.15) is 0 Å². The van der Waals surface area contributed by atoms with E-state index in [0.717, 1.165) is 12.1 Å². The van der Waals surface area contributed by atoms with E-state index in [1.165, 1.54) is 6.07 Å². The van der Waals surface area contributed by atoms with Gasteiger partial charge >= 0.3 is 0 Å². The summed E-state index contributed by atoms with van der Waals surface area (Å²) in [4.78, 5) is 0. The monoisotopic (exact) mass is 365 g/mol. The Morgan fingerprint density at radius 1 is 1.08 bits per heavy atom. The smallest absolute Gasteiger partial charge is 0.161 e. The summed E-state index contributed by atoms with van der Waals surface area (Å²) in [6.07, 6.45) is 0. The summed E-state index contributed by atoms with van der Waals surface area (Å²) in [5.74, 6) is 0.834. The lowest BCUT2D eigenvalue weighted by molar-refractivity contribution is 0.265. The summed E-state index contributed by atoms with van der Waals surface area (Å²) < 4.78 is 25.3. The number of nitrogens with one attached hydrogen (secondary N) is 1. The molecular formula is C20H25ClFNO2. The van der Waals surface area contributed by atoms with E-state index < -0.39 is 0 Å². The largest absolute Gasteiger partial charge is 0.490 e. The van der Waals surface area contributed by atoms with Gasteiger partial charge in [-0.25, -0.2) is 4.39 Å². The highest BCUT2D eigenvalue weighted by atomic mass is 35.5. The summed E-state index contributed by atoms with van der Waals surface area (Å²) >= 11 is 6.05. The second-order valence-corrected chi connectivity index (χ2v) is 7.21. The number of halogens is 2. The second-order valence-electron chi connectivity index (χ2n) is 6.81. The van der Waals surface area contributed by atoms with Crippen molar-refractivity contribution in [1.82, 2.24) is 5.32 Å². The lowest BCUT2D eigenvalue weighted by Gasteiger charge is -2.21. The lowest BCUT2D eigenvalue weighted by Crippen LogP contribution is -2.35. The topological polar surface area (TPSA) is 30.5 Å². The average Bonchev–Trinajstić information content (AvgIpc) is 2.53. The zero-order chi connectivity index (χ0) is 18.4. The predicted molar refractivity (Wildman–Crippen MR) is 99.9 cm³/mol. The number of hydrogen-bond donors (Lipinski definition) is 1. The lowest BCUT2D eigenvalue weighted by atomic mass is 10.1. The Morgan fingerprint density at radius 2 is 1.84 bits per heavy atom. The van der Waals surface area contributed by atoms with E-state index in [0.29, 0.717) is 28.7 Å². The van der Waals surface area contributed by atoms with Crippen LogP contribution in [0.25, 0.3) is 0 Å². The van der Waals surface area contributed by atoms with Gasteiger partial charge in [-0.15, -0.1) is 0 Å². The van der Waals surface area contributed by atoms with Crippen molar-refractivity contribution in [3.8, 4) is 11.5 Å². The number of rotatable bonds is 7. The second kappa shape index (κ2) is 8.54. The first-order valence-corrected chi connectivity index (χ1v) is 8.74. The van der Waals surface area contributed by atoms with Gasteiger partial charge in [-0.05, 0) is 57.5 Å². The molecule has 0 saturated carbocycles. The molecule has 136 valence electrons. The van der Waals surface area contributed by atoms with E-state index >= 15 is 0 Å².